The summed E-state index contributed by atoms with van der Waals surface area (Å²) in [7, 11) is 0. The molecule has 0 aliphatic heterocycles. The van der Waals surface area contributed by atoms with Gasteiger partial charge >= 0.3 is 37.7 Å². The van der Waals surface area contributed by atoms with E-state index in [1.807, 2.05) is 0 Å². The van der Waals surface area contributed by atoms with E-state index in [2.05, 4.69) is 38.2 Å². The number of rotatable bonds is 34. The molecule has 0 unspecified atom stereocenters. The van der Waals surface area contributed by atoms with Crippen molar-refractivity contribution in [3.8, 4) is 0 Å². The Balaban J connectivity index is 0.00000112. The fourth-order valence-corrected chi connectivity index (χ4v) is 6.95. The summed E-state index contributed by atoms with van der Waals surface area (Å²) in [5, 5.41) is 22.0. The number of anilines is 2. The van der Waals surface area contributed by atoms with E-state index < -0.39 is 11.9 Å². The van der Waals surface area contributed by atoms with Gasteiger partial charge in [-0.15, -0.1) is 0 Å². The maximum Gasteiger partial charge on any atom is 2.00 e. The zero-order valence-electron chi connectivity index (χ0n) is 36.9. The minimum absolute atomic E-state index is 0. The van der Waals surface area contributed by atoms with Crippen LogP contribution in [0.4, 0.5) is 11.4 Å². The van der Waals surface area contributed by atoms with Crippen LogP contribution in [0, 0.1) is 0 Å². The first-order valence-corrected chi connectivity index (χ1v) is 22.7. The number of ketones is 2. The molecular formula is C50H76CaN2O6. The fraction of sp³-hybridized carbons (Fsp3) is 0.600. The third-order valence-electron chi connectivity index (χ3n) is 10.6. The van der Waals surface area contributed by atoms with Crippen LogP contribution in [0.3, 0.4) is 0 Å². The average molecular weight is 841 g/mol. The number of nitrogens with two attached hydrogens (primary N) is 2. The number of carbonyl (C=O) groups excluding carboxylic acids is 4. The van der Waals surface area contributed by atoms with Crippen molar-refractivity contribution in [2.24, 2.45) is 0 Å². The van der Waals surface area contributed by atoms with Gasteiger partial charge in [0.1, 0.15) is 0 Å². The molecule has 0 aliphatic rings. The molecule has 324 valence electrons. The molecule has 0 radical (unpaired) electrons. The average Bonchev–Trinajstić information content (AvgIpc) is 3.20. The minimum Gasteiger partial charge on any atom is -0.545 e. The summed E-state index contributed by atoms with van der Waals surface area (Å²) in [6.07, 6.45) is 41.6. The zero-order chi connectivity index (χ0) is 42.6. The van der Waals surface area contributed by atoms with Crippen molar-refractivity contribution in [3.63, 3.8) is 0 Å². The maximum absolute atomic E-state index is 12.3. The molecule has 0 aromatic heterocycles. The standard InChI is InChI=1S/2C25H39NO3.Ca/c2*1-2-3-4-5-6-7-8-9-10-11-12-13-14-15-16-20-23(27)21-18-17-19-22(24(21)26)25(28)29;/h2*9-10,17-19H,2-8,11-16,20,26H2,1H3,(H,28,29);/q;;+2/p-2/b2*10-9-;. The Bertz CT molecular complexity index is 1390. The number of hydrogen-bond donors (Lipinski definition) is 2. The molecule has 4 N–H and O–H groups in total. The van der Waals surface area contributed by atoms with Crippen molar-refractivity contribution >= 4 is 72.6 Å². The number of benzene rings is 2. The molecule has 0 spiro atoms. The van der Waals surface area contributed by atoms with Crippen LogP contribution in [-0.4, -0.2) is 61.2 Å². The smallest absolute Gasteiger partial charge is 0.545 e. The topological polar surface area (TPSA) is 166 Å². The van der Waals surface area contributed by atoms with Gasteiger partial charge in [0.15, 0.2) is 11.6 Å². The third-order valence-corrected chi connectivity index (χ3v) is 10.6. The first-order chi connectivity index (χ1) is 28.1. The van der Waals surface area contributed by atoms with Gasteiger partial charge in [-0.2, -0.15) is 0 Å². The van der Waals surface area contributed by atoms with Crippen LogP contribution in [0.25, 0.3) is 0 Å². The second-order valence-corrected chi connectivity index (χ2v) is 15.6. The van der Waals surface area contributed by atoms with E-state index in [-0.39, 0.29) is 71.8 Å². The fourth-order valence-electron chi connectivity index (χ4n) is 6.95. The van der Waals surface area contributed by atoms with Gasteiger partial charge in [0, 0.05) is 35.1 Å². The van der Waals surface area contributed by atoms with E-state index in [1.165, 1.54) is 140 Å². The number of aromatic carboxylic acids is 2. The van der Waals surface area contributed by atoms with E-state index in [4.69, 9.17) is 11.5 Å². The first kappa shape index (κ1) is 56.1. The van der Waals surface area contributed by atoms with E-state index in [1.54, 1.807) is 12.1 Å². The Kier molecular flexibility index (Phi) is 36.1. The third kappa shape index (κ3) is 27.5. The van der Waals surface area contributed by atoms with Crippen molar-refractivity contribution < 1.29 is 29.4 Å². The molecule has 2 aromatic carbocycles. The maximum atomic E-state index is 12.3. The molecule has 0 saturated heterocycles. The van der Waals surface area contributed by atoms with Gasteiger partial charge in [0.25, 0.3) is 0 Å². The van der Waals surface area contributed by atoms with Gasteiger partial charge in [-0.1, -0.05) is 165 Å². The predicted octanol–water partition coefficient (Wildman–Crippen LogP) is 11.3. The quantitative estimate of drug-likeness (QED) is 0.0231. The van der Waals surface area contributed by atoms with Crippen molar-refractivity contribution in [2.75, 3.05) is 11.5 Å². The minimum atomic E-state index is -1.35. The number of carboxylic acids is 2. The number of para-hydroxylation sites is 2. The van der Waals surface area contributed by atoms with Gasteiger partial charge in [-0.25, -0.2) is 0 Å². The summed E-state index contributed by atoms with van der Waals surface area (Å²) in [4.78, 5) is 46.5. The van der Waals surface area contributed by atoms with Gasteiger partial charge in [-0.3, -0.25) is 9.59 Å². The molecule has 0 aliphatic carbocycles. The molecule has 0 saturated carbocycles. The van der Waals surface area contributed by atoms with Crippen LogP contribution < -0.4 is 21.7 Å². The number of hydrogen-bond acceptors (Lipinski definition) is 8. The van der Waals surface area contributed by atoms with Crippen LogP contribution in [0.1, 0.15) is 235 Å². The second kappa shape index (κ2) is 38.0. The van der Waals surface area contributed by atoms with Gasteiger partial charge in [0.2, 0.25) is 0 Å². The molecule has 0 amide bonds. The van der Waals surface area contributed by atoms with Gasteiger partial charge < -0.3 is 31.3 Å². The molecule has 0 atom stereocenters. The normalized spacial score (nSPS) is 11.0. The second-order valence-electron chi connectivity index (χ2n) is 15.6. The zero-order valence-corrected chi connectivity index (χ0v) is 39.1. The molecule has 2 aromatic rings. The van der Waals surface area contributed by atoms with E-state index in [9.17, 15) is 29.4 Å². The van der Waals surface area contributed by atoms with Crippen molar-refractivity contribution in [2.45, 2.75) is 194 Å². The molecule has 8 nitrogen and oxygen atoms in total. The number of carbonyl (C=O) groups is 4. The summed E-state index contributed by atoms with van der Waals surface area (Å²) < 4.78 is 0. The SMILES string of the molecule is CCCCCCCC/C=C\CCCCCCCC(=O)c1cccc(C(=O)[O-])c1N.CCCCCCCC/C=C\CCCCCCCC(=O)c1cccc(C(=O)[O-])c1N.[Ca+2]. The van der Waals surface area contributed by atoms with Crippen LogP contribution in [0.2, 0.25) is 0 Å². The summed E-state index contributed by atoms with van der Waals surface area (Å²) in [5.41, 5.74) is 12.0. The molecule has 9 heteroatoms. The summed E-state index contributed by atoms with van der Waals surface area (Å²) in [5.74, 6) is -2.89. The number of nitrogen functional groups attached to an aromatic ring is 2. The van der Waals surface area contributed by atoms with E-state index >= 15 is 0 Å². The Morgan fingerprint density at radius 3 is 0.966 bits per heavy atom. The number of carboxylic acid groups (broad SMARTS) is 2. The number of Topliss-reactive ketones (excluding diaryl/α,β-unsaturated/α-hetero) is 2. The summed E-state index contributed by atoms with van der Waals surface area (Å²) >= 11 is 0. The molecule has 0 bridgehead atoms. The van der Waals surface area contributed by atoms with Crippen LogP contribution in [-0.2, 0) is 0 Å². The Morgan fingerprint density at radius 1 is 0.424 bits per heavy atom. The van der Waals surface area contributed by atoms with Crippen LogP contribution in [0.5, 0.6) is 0 Å². The molecular weight excluding hydrogens is 765 g/mol. The van der Waals surface area contributed by atoms with E-state index in [0.717, 1.165) is 51.4 Å². The van der Waals surface area contributed by atoms with Crippen LogP contribution >= 0.6 is 0 Å². The summed E-state index contributed by atoms with van der Waals surface area (Å²) in [6.45, 7) is 4.50. The molecule has 2 rings (SSSR count). The number of allylic oxidation sites excluding steroid dienone is 4. The Morgan fingerprint density at radius 2 is 0.678 bits per heavy atom. The predicted molar refractivity (Wildman–Crippen MR) is 244 cm³/mol. The number of unbranched alkanes of at least 4 members (excludes halogenated alkanes) is 22. The Labute approximate surface area is 387 Å². The Hall–Kier alpha value is -2.94. The van der Waals surface area contributed by atoms with Gasteiger partial charge in [0.05, 0.1) is 23.3 Å². The van der Waals surface area contributed by atoms with Gasteiger partial charge in [-0.05, 0) is 76.3 Å². The van der Waals surface area contributed by atoms with E-state index in [0.29, 0.717) is 24.0 Å². The monoisotopic (exact) mass is 841 g/mol. The molecule has 0 fully saturated rings. The largest absolute Gasteiger partial charge is 2.00 e. The first-order valence-electron chi connectivity index (χ1n) is 22.7. The van der Waals surface area contributed by atoms with Crippen molar-refractivity contribution in [3.05, 3.63) is 83.0 Å². The summed E-state index contributed by atoms with van der Waals surface area (Å²) in [6, 6.07) is 8.97. The molecule has 59 heavy (non-hydrogen) atoms. The van der Waals surface area contributed by atoms with Crippen molar-refractivity contribution in [1.29, 1.82) is 0 Å². The van der Waals surface area contributed by atoms with Crippen molar-refractivity contribution in [1.82, 2.24) is 0 Å². The molecule has 0 heterocycles. The van der Waals surface area contributed by atoms with Crippen LogP contribution in [0.15, 0.2) is 60.7 Å².